The number of nitrogens with one attached hydrogen (secondary N) is 1. The molecule has 0 fully saturated rings. The predicted molar refractivity (Wildman–Crippen MR) is 120 cm³/mol. The van der Waals surface area contributed by atoms with Crippen LogP contribution in [-0.2, 0) is 10.8 Å². The molecule has 0 spiro atoms. The largest absolute Gasteiger partial charge is 0.507 e. The number of hydrogen-bond donors (Lipinski definition) is 2. The number of halogens is 4. The third-order valence-electron chi connectivity index (χ3n) is 4.37. The fourth-order valence-electron chi connectivity index (χ4n) is 2.84. The molecule has 2 aromatic carbocycles. The van der Waals surface area contributed by atoms with E-state index in [-0.39, 0.29) is 42.2 Å². The van der Waals surface area contributed by atoms with Crippen molar-refractivity contribution in [1.82, 2.24) is 0 Å². The Kier molecular flexibility index (Phi) is 6.43. The van der Waals surface area contributed by atoms with Gasteiger partial charge in [-0.2, -0.15) is 5.26 Å². The molecule has 28 heavy (non-hydrogen) atoms. The Morgan fingerprint density at radius 3 is 1.68 bits per heavy atom. The molecule has 0 unspecified atom stereocenters. The normalized spacial score (nSPS) is 12.0. The zero-order valence-electron chi connectivity index (χ0n) is 16.6. The third kappa shape index (κ3) is 4.31. The molecule has 0 aliphatic rings. The summed E-state index contributed by atoms with van der Waals surface area (Å²) in [6.07, 6.45) is 0. The van der Waals surface area contributed by atoms with Gasteiger partial charge in [-0.05, 0) is 23.0 Å². The first kappa shape index (κ1) is 23.0. The van der Waals surface area contributed by atoms with E-state index in [0.717, 1.165) is 11.1 Å². The van der Waals surface area contributed by atoms with Crippen molar-refractivity contribution >= 4 is 57.8 Å². The molecule has 7 heteroatoms. The zero-order chi connectivity index (χ0) is 21.6. The topological polar surface area (TPSA) is 56.0 Å². The maximum Gasteiger partial charge on any atom is 0.123 e. The van der Waals surface area contributed by atoms with Gasteiger partial charge in [-0.3, -0.25) is 0 Å². The third-order valence-corrected chi connectivity index (χ3v) is 6.08. The average molecular weight is 460 g/mol. The SMILES string of the molecule is CC(C)(C)c1cc(Nc2c(Cl)c(Cl)c(Cl)c(C#N)c2Cl)cc(C(C)(C)C)c1O. The zero-order valence-corrected chi connectivity index (χ0v) is 19.6. The van der Waals surface area contributed by atoms with Crippen LogP contribution in [0, 0.1) is 11.3 Å². The molecule has 0 saturated heterocycles. The van der Waals surface area contributed by atoms with E-state index in [2.05, 4.69) is 5.32 Å². The van der Waals surface area contributed by atoms with E-state index in [1.54, 1.807) is 0 Å². The molecule has 2 N–H and O–H groups in total. The first-order valence-electron chi connectivity index (χ1n) is 8.61. The Balaban J connectivity index is 2.76. The Morgan fingerprint density at radius 2 is 1.29 bits per heavy atom. The first-order valence-corrected chi connectivity index (χ1v) is 10.1. The molecule has 0 bridgehead atoms. The van der Waals surface area contributed by atoms with Crippen LogP contribution in [0.5, 0.6) is 5.75 Å². The maximum atomic E-state index is 10.9. The minimum atomic E-state index is -0.301. The van der Waals surface area contributed by atoms with Crippen molar-refractivity contribution in [2.45, 2.75) is 52.4 Å². The fourth-order valence-corrected chi connectivity index (χ4v) is 3.92. The van der Waals surface area contributed by atoms with E-state index < -0.39 is 0 Å². The first-order chi connectivity index (χ1) is 12.7. The lowest BCUT2D eigenvalue weighted by Crippen LogP contribution is -2.17. The molecule has 3 nitrogen and oxygen atoms in total. The molecule has 2 aromatic rings. The second-order valence-electron chi connectivity index (χ2n) is 8.66. The lowest BCUT2D eigenvalue weighted by molar-refractivity contribution is 0.423. The summed E-state index contributed by atoms with van der Waals surface area (Å²) < 4.78 is 0. The van der Waals surface area contributed by atoms with Crippen LogP contribution in [0.25, 0.3) is 0 Å². The van der Waals surface area contributed by atoms with Gasteiger partial charge >= 0.3 is 0 Å². The van der Waals surface area contributed by atoms with Gasteiger partial charge in [0.15, 0.2) is 0 Å². The number of phenols is 1. The fraction of sp³-hybridized carbons (Fsp3) is 0.381. The van der Waals surface area contributed by atoms with Gasteiger partial charge in [0.25, 0.3) is 0 Å². The summed E-state index contributed by atoms with van der Waals surface area (Å²) in [5.41, 5.74) is 1.95. The molecular weight excluding hydrogens is 438 g/mol. The number of aromatic hydroxyl groups is 1. The average Bonchev–Trinajstić information content (AvgIpc) is 2.56. The van der Waals surface area contributed by atoms with E-state index >= 15 is 0 Å². The lowest BCUT2D eigenvalue weighted by Gasteiger charge is -2.28. The van der Waals surface area contributed by atoms with E-state index in [1.807, 2.05) is 59.7 Å². The van der Waals surface area contributed by atoms with Crippen LogP contribution in [0.15, 0.2) is 12.1 Å². The van der Waals surface area contributed by atoms with Crippen molar-refractivity contribution < 1.29 is 5.11 Å². The lowest BCUT2D eigenvalue weighted by atomic mass is 9.79. The highest BCUT2D eigenvalue weighted by Gasteiger charge is 2.27. The Bertz CT molecular complexity index is 945. The highest BCUT2D eigenvalue weighted by atomic mass is 35.5. The van der Waals surface area contributed by atoms with E-state index in [0.29, 0.717) is 11.4 Å². The van der Waals surface area contributed by atoms with Crippen molar-refractivity contribution in [1.29, 1.82) is 5.26 Å². The molecule has 0 saturated carbocycles. The molecule has 0 amide bonds. The van der Waals surface area contributed by atoms with Crippen molar-refractivity contribution in [3.05, 3.63) is 48.9 Å². The number of hydrogen-bond acceptors (Lipinski definition) is 3. The van der Waals surface area contributed by atoms with Gasteiger partial charge in [-0.15, -0.1) is 0 Å². The smallest absolute Gasteiger partial charge is 0.123 e. The second kappa shape index (κ2) is 7.84. The molecule has 0 radical (unpaired) electrons. The van der Waals surface area contributed by atoms with E-state index in [9.17, 15) is 10.4 Å². The van der Waals surface area contributed by atoms with Crippen LogP contribution in [-0.4, -0.2) is 5.11 Å². The molecule has 0 atom stereocenters. The summed E-state index contributed by atoms with van der Waals surface area (Å²) in [6.45, 7) is 12.1. The molecule has 0 aromatic heterocycles. The van der Waals surface area contributed by atoms with Crippen molar-refractivity contribution in [3.8, 4) is 11.8 Å². The molecule has 0 heterocycles. The van der Waals surface area contributed by atoms with Crippen LogP contribution in [0.1, 0.15) is 58.2 Å². The van der Waals surface area contributed by atoms with Crippen LogP contribution >= 0.6 is 46.4 Å². The number of anilines is 2. The number of phenolic OH excluding ortho intramolecular Hbond substituents is 1. The van der Waals surface area contributed by atoms with E-state index in [4.69, 9.17) is 46.4 Å². The minimum Gasteiger partial charge on any atom is -0.507 e. The quantitative estimate of drug-likeness (QED) is 0.270. The molecular formula is C21H22Cl4N2O. The molecule has 0 aliphatic heterocycles. The Hall–Kier alpha value is -1.31. The van der Waals surface area contributed by atoms with Crippen molar-refractivity contribution in [2.75, 3.05) is 5.32 Å². The van der Waals surface area contributed by atoms with Gasteiger partial charge in [-0.1, -0.05) is 87.9 Å². The second-order valence-corrected chi connectivity index (χ2v) is 10.2. The monoisotopic (exact) mass is 458 g/mol. The predicted octanol–water partition coefficient (Wildman–Crippen LogP) is 8.22. The summed E-state index contributed by atoms with van der Waals surface area (Å²) in [5.74, 6) is 0.259. The van der Waals surface area contributed by atoms with Gasteiger partial charge < -0.3 is 10.4 Å². The highest BCUT2D eigenvalue weighted by Crippen LogP contribution is 2.47. The van der Waals surface area contributed by atoms with E-state index in [1.165, 1.54) is 0 Å². The number of nitriles is 1. The number of nitrogens with zero attached hydrogens (tertiary/aromatic N) is 1. The maximum absolute atomic E-state index is 10.9. The Labute approximate surface area is 186 Å². The van der Waals surface area contributed by atoms with Crippen LogP contribution in [0.3, 0.4) is 0 Å². The molecule has 150 valence electrons. The van der Waals surface area contributed by atoms with Gasteiger partial charge in [0, 0.05) is 16.8 Å². The molecule has 2 rings (SSSR count). The summed E-state index contributed by atoms with van der Waals surface area (Å²) in [7, 11) is 0. The minimum absolute atomic E-state index is 0.0150. The summed E-state index contributed by atoms with van der Waals surface area (Å²) in [6, 6.07) is 5.63. The van der Waals surface area contributed by atoms with Crippen molar-refractivity contribution in [2.24, 2.45) is 0 Å². The number of benzene rings is 2. The Morgan fingerprint density at radius 1 is 0.821 bits per heavy atom. The van der Waals surface area contributed by atoms with Crippen LogP contribution in [0.4, 0.5) is 11.4 Å². The summed E-state index contributed by atoms with van der Waals surface area (Å²) >= 11 is 25.0. The van der Waals surface area contributed by atoms with Crippen LogP contribution < -0.4 is 5.32 Å². The van der Waals surface area contributed by atoms with Gasteiger partial charge in [0.2, 0.25) is 0 Å². The van der Waals surface area contributed by atoms with Gasteiger partial charge in [0.1, 0.15) is 11.8 Å². The van der Waals surface area contributed by atoms with Gasteiger partial charge in [-0.25, -0.2) is 0 Å². The van der Waals surface area contributed by atoms with Crippen molar-refractivity contribution in [3.63, 3.8) is 0 Å². The standard InChI is InChI=1S/C21H22Cl4N2O/c1-20(2,3)12-7-10(8-13(19(12)28)21(4,5)6)27-18-15(23)11(9-26)14(22)16(24)17(18)25/h7-8,27-28H,1-6H3. The molecule has 0 aliphatic carbocycles. The summed E-state index contributed by atoms with van der Waals surface area (Å²) in [5, 5.41) is 23.7. The number of rotatable bonds is 2. The van der Waals surface area contributed by atoms with Crippen LogP contribution in [0.2, 0.25) is 20.1 Å². The summed E-state index contributed by atoms with van der Waals surface area (Å²) in [4.78, 5) is 0. The van der Waals surface area contributed by atoms with Gasteiger partial charge in [0.05, 0.1) is 31.3 Å². The highest BCUT2D eigenvalue weighted by molar-refractivity contribution is 6.52.